The zero-order valence-electron chi connectivity index (χ0n) is 14.4. The third-order valence-electron chi connectivity index (χ3n) is 4.05. The zero-order chi connectivity index (χ0) is 18.8. The van der Waals surface area contributed by atoms with Crippen LogP contribution in [-0.4, -0.2) is 27.3 Å². The number of Topliss-reactive ketones (excluding diaryl/α,β-unsaturated/α-hetero) is 1. The predicted octanol–water partition coefficient (Wildman–Crippen LogP) is 5.28. The minimum absolute atomic E-state index is 0.00303. The summed E-state index contributed by atoms with van der Waals surface area (Å²) in [4.78, 5) is 11.9. The van der Waals surface area contributed by atoms with Crippen molar-refractivity contribution in [3.63, 3.8) is 0 Å². The number of halogens is 4. The van der Waals surface area contributed by atoms with E-state index >= 15 is 0 Å². The predicted molar refractivity (Wildman–Crippen MR) is 97.8 cm³/mol. The van der Waals surface area contributed by atoms with E-state index in [0.29, 0.717) is 3.57 Å². The molecule has 0 spiro atoms. The van der Waals surface area contributed by atoms with Gasteiger partial charge in [-0.2, -0.15) is 13.2 Å². The lowest BCUT2D eigenvalue weighted by Crippen LogP contribution is -2.42. The molecule has 0 amide bonds. The summed E-state index contributed by atoms with van der Waals surface area (Å²) in [5.41, 5.74) is -0.744. The van der Waals surface area contributed by atoms with Gasteiger partial charge in [0.2, 0.25) is 0 Å². The lowest BCUT2D eigenvalue weighted by Gasteiger charge is -2.35. The maximum Gasteiger partial charge on any atom is 0.416 e. The second kappa shape index (κ2) is 7.73. The summed E-state index contributed by atoms with van der Waals surface area (Å²) >= 11 is 1.76. The van der Waals surface area contributed by atoms with E-state index in [1.54, 1.807) is 22.6 Å². The van der Waals surface area contributed by atoms with Crippen molar-refractivity contribution in [3.8, 4) is 5.75 Å². The molecule has 1 rings (SSSR count). The SMILES string of the molecule is CC(C)(C)[Si](C)(C)OCC(=O)COc1ccc(C(F)(F)F)cc1I. The molecule has 0 unspecified atom stereocenters. The first-order valence-electron chi connectivity index (χ1n) is 7.39. The third kappa shape index (κ3) is 6.03. The standard InChI is InChI=1S/C16H22F3IO3Si/c1-15(2,3)24(4,5)23-10-12(21)9-22-14-7-6-11(8-13(14)20)16(17,18)19/h6-8H,9-10H2,1-5H3. The Morgan fingerprint density at radius 2 is 1.75 bits per heavy atom. The minimum Gasteiger partial charge on any atom is -0.485 e. The molecule has 0 aliphatic heterocycles. The fraction of sp³-hybridized carbons (Fsp3) is 0.562. The molecule has 0 N–H and O–H groups in total. The van der Waals surface area contributed by atoms with Gasteiger partial charge in [0.05, 0.1) is 15.7 Å². The van der Waals surface area contributed by atoms with Crippen molar-refractivity contribution >= 4 is 36.7 Å². The van der Waals surface area contributed by atoms with Gasteiger partial charge in [-0.1, -0.05) is 20.8 Å². The molecule has 1 aromatic rings. The Kier molecular flexibility index (Phi) is 6.91. The van der Waals surface area contributed by atoms with E-state index < -0.39 is 20.1 Å². The van der Waals surface area contributed by atoms with Crippen LogP contribution in [0, 0.1) is 3.57 Å². The molecule has 0 fully saturated rings. The van der Waals surface area contributed by atoms with Gasteiger partial charge in [0, 0.05) is 0 Å². The topological polar surface area (TPSA) is 35.5 Å². The Bertz CT molecular complexity index is 595. The Hall–Kier alpha value is -0.613. The Balaban J connectivity index is 2.60. The monoisotopic (exact) mass is 474 g/mol. The van der Waals surface area contributed by atoms with Gasteiger partial charge in [-0.05, 0) is 58.9 Å². The molecule has 8 heteroatoms. The van der Waals surface area contributed by atoms with Crippen molar-refractivity contribution < 1.29 is 27.1 Å². The zero-order valence-corrected chi connectivity index (χ0v) is 17.5. The number of carbonyl (C=O) groups excluding carboxylic acids is 1. The van der Waals surface area contributed by atoms with Crippen LogP contribution in [0.1, 0.15) is 26.3 Å². The van der Waals surface area contributed by atoms with Crippen molar-refractivity contribution in [2.45, 2.75) is 45.1 Å². The van der Waals surface area contributed by atoms with Crippen molar-refractivity contribution in [1.29, 1.82) is 0 Å². The molecule has 0 aliphatic rings. The van der Waals surface area contributed by atoms with Crippen LogP contribution in [-0.2, 0) is 15.4 Å². The van der Waals surface area contributed by atoms with Gasteiger partial charge >= 0.3 is 6.18 Å². The van der Waals surface area contributed by atoms with Crippen LogP contribution in [0.25, 0.3) is 0 Å². The second-order valence-corrected chi connectivity index (χ2v) is 13.0. The lowest BCUT2D eigenvalue weighted by molar-refractivity contribution is -0.137. The van der Waals surface area contributed by atoms with E-state index in [0.717, 1.165) is 12.1 Å². The number of ketones is 1. The second-order valence-electron chi connectivity index (χ2n) is 7.02. The highest BCUT2D eigenvalue weighted by Crippen LogP contribution is 2.36. The van der Waals surface area contributed by atoms with Crippen LogP contribution in [0.4, 0.5) is 13.2 Å². The molecule has 24 heavy (non-hydrogen) atoms. The summed E-state index contributed by atoms with van der Waals surface area (Å²) in [5, 5.41) is -0.00303. The highest BCUT2D eigenvalue weighted by atomic mass is 127. The minimum atomic E-state index is -4.40. The summed E-state index contributed by atoms with van der Waals surface area (Å²) in [6.07, 6.45) is -4.40. The fourth-order valence-corrected chi connectivity index (χ4v) is 3.10. The lowest BCUT2D eigenvalue weighted by atomic mass is 10.2. The van der Waals surface area contributed by atoms with Crippen LogP contribution in [0.3, 0.4) is 0 Å². The largest absolute Gasteiger partial charge is 0.485 e. The number of carbonyl (C=O) groups is 1. The molecule has 0 atom stereocenters. The summed E-state index contributed by atoms with van der Waals surface area (Å²) in [5.74, 6) is 0.0137. The van der Waals surface area contributed by atoms with Crippen LogP contribution >= 0.6 is 22.6 Å². The number of ether oxygens (including phenoxy) is 1. The molecular weight excluding hydrogens is 452 g/mol. The molecule has 0 saturated heterocycles. The highest BCUT2D eigenvalue weighted by molar-refractivity contribution is 14.1. The highest BCUT2D eigenvalue weighted by Gasteiger charge is 2.37. The van der Waals surface area contributed by atoms with Crippen LogP contribution in [0.2, 0.25) is 18.1 Å². The van der Waals surface area contributed by atoms with Crippen molar-refractivity contribution in [1.82, 2.24) is 0 Å². The van der Waals surface area contributed by atoms with Gasteiger partial charge < -0.3 is 9.16 Å². The Morgan fingerprint density at radius 1 is 1.17 bits per heavy atom. The van der Waals surface area contributed by atoms with Gasteiger partial charge in [0.1, 0.15) is 12.4 Å². The first-order chi connectivity index (χ1) is 10.7. The smallest absolute Gasteiger partial charge is 0.416 e. The van der Waals surface area contributed by atoms with Crippen LogP contribution in [0.15, 0.2) is 18.2 Å². The van der Waals surface area contributed by atoms with Crippen molar-refractivity contribution in [2.24, 2.45) is 0 Å². The summed E-state index contributed by atoms with van der Waals surface area (Å²) in [7, 11) is -2.02. The molecule has 0 aromatic heterocycles. The summed E-state index contributed by atoms with van der Waals surface area (Å²) < 4.78 is 49.3. The number of hydrogen-bond donors (Lipinski definition) is 0. The Labute approximate surface area is 155 Å². The normalized spacial score (nSPS) is 13.0. The average molecular weight is 474 g/mol. The maximum absolute atomic E-state index is 12.6. The molecule has 3 nitrogen and oxygen atoms in total. The molecule has 0 radical (unpaired) electrons. The number of hydrogen-bond acceptors (Lipinski definition) is 3. The number of rotatable bonds is 6. The molecular formula is C16H22F3IO3Si. The van der Waals surface area contributed by atoms with E-state index in [1.807, 2.05) is 13.1 Å². The van der Waals surface area contributed by atoms with Crippen LogP contribution < -0.4 is 4.74 Å². The van der Waals surface area contributed by atoms with Crippen LogP contribution in [0.5, 0.6) is 5.75 Å². The van der Waals surface area contributed by atoms with Gasteiger partial charge in [-0.15, -0.1) is 0 Å². The average Bonchev–Trinajstić information content (AvgIpc) is 2.41. The van der Waals surface area contributed by atoms with E-state index in [2.05, 4.69) is 20.8 Å². The van der Waals surface area contributed by atoms with Gasteiger partial charge in [0.15, 0.2) is 14.1 Å². The number of alkyl halides is 3. The summed E-state index contributed by atoms with van der Waals surface area (Å²) in [6.45, 7) is 10.0. The molecule has 0 bridgehead atoms. The Morgan fingerprint density at radius 3 is 2.21 bits per heavy atom. The number of benzene rings is 1. The van der Waals surface area contributed by atoms with Crippen molar-refractivity contribution in [2.75, 3.05) is 13.2 Å². The first kappa shape index (κ1) is 21.4. The van der Waals surface area contributed by atoms with E-state index in [9.17, 15) is 18.0 Å². The molecule has 0 aliphatic carbocycles. The molecule has 0 heterocycles. The molecule has 1 aromatic carbocycles. The van der Waals surface area contributed by atoms with Gasteiger partial charge in [0.25, 0.3) is 0 Å². The first-order valence-corrected chi connectivity index (χ1v) is 11.4. The fourth-order valence-electron chi connectivity index (χ4n) is 1.47. The van der Waals surface area contributed by atoms with E-state index in [-0.39, 0.29) is 29.8 Å². The van der Waals surface area contributed by atoms with Gasteiger partial charge in [-0.25, -0.2) is 0 Å². The molecule has 136 valence electrons. The third-order valence-corrected chi connectivity index (χ3v) is 9.37. The van der Waals surface area contributed by atoms with Crippen molar-refractivity contribution in [3.05, 3.63) is 27.3 Å². The summed E-state index contributed by atoms with van der Waals surface area (Å²) in [6, 6.07) is 3.16. The molecule has 0 saturated carbocycles. The van der Waals surface area contributed by atoms with Gasteiger partial charge in [-0.3, -0.25) is 4.79 Å². The quantitative estimate of drug-likeness (QED) is 0.416. The van der Waals surface area contributed by atoms with E-state index in [4.69, 9.17) is 9.16 Å². The van der Waals surface area contributed by atoms with E-state index in [1.165, 1.54) is 6.07 Å². The maximum atomic E-state index is 12.6.